The number of rotatable bonds is 8. The number of benzene rings is 7. The van der Waals surface area contributed by atoms with Crippen molar-refractivity contribution in [1.82, 2.24) is 5.32 Å². The predicted molar refractivity (Wildman–Crippen MR) is 324 cm³/mol. The number of anilines is 8. The van der Waals surface area contributed by atoms with Crippen molar-refractivity contribution in [3.05, 3.63) is 233 Å². The second kappa shape index (κ2) is 17.4. The maximum Gasteiger partial charge on any atom is 0.252 e. The number of fused-ring (bicyclic) bond motifs is 10. The van der Waals surface area contributed by atoms with E-state index in [0.29, 0.717) is 5.92 Å². The second-order valence-corrected chi connectivity index (χ2v) is 24.4. The minimum Gasteiger partial charge on any atom is -0.387 e. The Labute approximate surface area is 452 Å². The summed E-state index contributed by atoms with van der Waals surface area (Å²) in [7, 11) is 0. The van der Waals surface area contributed by atoms with Gasteiger partial charge >= 0.3 is 0 Å². The first-order chi connectivity index (χ1) is 36.7. The molecule has 3 aliphatic heterocycles. The van der Waals surface area contributed by atoms with Crippen LogP contribution in [-0.4, -0.2) is 13.3 Å². The monoisotopic (exact) mass is 989 g/mol. The summed E-state index contributed by atoms with van der Waals surface area (Å²) in [5.41, 5.74) is 32.9. The SMILES string of the molecule is C=CNC/C(=C\C)c1ccc2c(c1)C1(C)CCc3ccccc3C1(C)N2c1cc2c3c(c1)N(c1ccc(C(C)(C)C)cc1C1=CC=C=C=C1)c1cc4c(cc1B3c1ccccc1N2c1ccccc1)C(C)(C)CCC4C. The topological polar surface area (TPSA) is 21.8 Å². The van der Waals surface area contributed by atoms with Crippen molar-refractivity contribution in [1.29, 1.82) is 0 Å². The lowest BCUT2D eigenvalue weighted by molar-refractivity contribution is 0.245. The van der Waals surface area contributed by atoms with Crippen LogP contribution < -0.4 is 36.4 Å². The van der Waals surface area contributed by atoms with Gasteiger partial charge in [0.2, 0.25) is 0 Å². The summed E-state index contributed by atoms with van der Waals surface area (Å²) < 4.78 is 0. The summed E-state index contributed by atoms with van der Waals surface area (Å²) in [6.45, 7) is 26.3. The molecule has 0 spiro atoms. The maximum absolute atomic E-state index is 3.99. The van der Waals surface area contributed by atoms with E-state index in [-0.39, 0.29) is 23.0 Å². The molecule has 4 nitrogen and oxygen atoms in total. The van der Waals surface area contributed by atoms with Crippen LogP contribution in [0.3, 0.4) is 0 Å². The molecule has 0 radical (unpaired) electrons. The number of nitrogens with zero attached hydrogens (tertiary/aromatic N) is 3. The average molecular weight is 989 g/mol. The molecule has 0 fully saturated rings. The zero-order valence-corrected chi connectivity index (χ0v) is 45.9. The van der Waals surface area contributed by atoms with Crippen LogP contribution in [0.4, 0.5) is 45.5 Å². The van der Waals surface area contributed by atoms with Gasteiger partial charge in [0.05, 0.1) is 11.2 Å². The van der Waals surface area contributed by atoms with Gasteiger partial charge in [0.15, 0.2) is 0 Å². The van der Waals surface area contributed by atoms with E-state index in [4.69, 9.17) is 0 Å². The highest BCUT2D eigenvalue weighted by atomic mass is 15.3. The van der Waals surface area contributed by atoms with Gasteiger partial charge in [-0.05, 0) is 208 Å². The number of hydrogen-bond donors (Lipinski definition) is 1. The Morgan fingerprint density at radius 1 is 0.711 bits per heavy atom. The average Bonchev–Trinajstić information content (AvgIpc) is 3.84. The fraction of sp³-hybridized carbons (Fsp3) is 0.268. The van der Waals surface area contributed by atoms with Crippen molar-refractivity contribution in [2.45, 2.75) is 116 Å². The molecule has 3 aliphatic carbocycles. The third-order valence-corrected chi connectivity index (χ3v) is 18.9. The maximum atomic E-state index is 3.99. The van der Waals surface area contributed by atoms with Gasteiger partial charge < -0.3 is 20.0 Å². The van der Waals surface area contributed by atoms with E-state index in [1.165, 1.54) is 113 Å². The molecule has 0 bridgehead atoms. The second-order valence-electron chi connectivity index (χ2n) is 24.4. The lowest BCUT2D eigenvalue weighted by atomic mass is 9.33. The Balaban J connectivity index is 1.17. The van der Waals surface area contributed by atoms with Crippen LogP contribution in [0, 0.1) is 0 Å². The largest absolute Gasteiger partial charge is 0.387 e. The summed E-state index contributed by atoms with van der Waals surface area (Å²) in [6.07, 6.45) is 14.8. The number of nitrogens with one attached hydrogen (secondary N) is 1. The van der Waals surface area contributed by atoms with Crippen molar-refractivity contribution in [3.8, 4) is 0 Å². The summed E-state index contributed by atoms with van der Waals surface area (Å²) >= 11 is 0. The Bertz CT molecular complexity index is 3760. The number of aryl methyl sites for hydroxylation is 1. The first-order valence-electron chi connectivity index (χ1n) is 27.8. The number of para-hydroxylation sites is 2. The van der Waals surface area contributed by atoms with Gasteiger partial charge in [-0.2, -0.15) is 0 Å². The first-order valence-corrected chi connectivity index (χ1v) is 27.8. The zero-order valence-electron chi connectivity index (χ0n) is 45.9. The van der Waals surface area contributed by atoms with E-state index in [0.717, 1.165) is 36.3 Å². The molecule has 7 aromatic carbocycles. The van der Waals surface area contributed by atoms with E-state index in [2.05, 4.69) is 258 Å². The van der Waals surface area contributed by atoms with Crippen molar-refractivity contribution < 1.29 is 0 Å². The molecule has 0 aromatic heterocycles. The molecule has 5 heteroatoms. The van der Waals surface area contributed by atoms with E-state index in [9.17, 15) is 0 Å². The molecule has 7 aromatic rings. The van der Waals surface area contributed by atoms with E-state index in [1.807, 2.05) is 6.08 Å². The van der Waals surface area contributed by atoms with Crippen molar-refractivity contribution in [2.24, 2.45) is 0 Å². The molecule has 3 heterocycles. The zero-order chi connectivity index (χ0) is 52.5. The molecule has 376 valence electrons. The molecule has 1 N–H and O–H groups in total. The number of allylic oxidation sites excluding steroid dienone is 5. The van der Waals surface area contributed by atoms with Crippen LogP contribution >= 0.6 is 0 Å². The molecular formula is C71H69BN4. The third-order valence-electron chi connectivity index (χ3n) is 18.9. The molecule has 6 aliphatic rings. The van der Waals surface area contributed by atoms with Crippen LogP contribution in [0.15, 0.2) is 188 Å². The van der Waals surface area contributed by atoms with Crippen LogP contribution in [0.5, 0.6) is 0 Å². The summed E-state index contributed by atoms with van der Waals surface area (Å²) in [4.78, 5) is 8.04. The van der Waals surface area contributed by atoms with Crippen molar-refractivity contribution in [2.75, 3.05) is 21.2 Å². The van der Waals surface area contributed by atoms with Gasteiger partial charge in [0, 0.05) is 57.3 Å². The van der Waals surface area contributed by atoms with Gasteiger partial charge in [-0.3, -0.25) is 0 Å². The smallest absolute Gasteiger partial charge is 0.252 e. The highest BCUT2D eigenvalue weighted by molar-refractivity contribution is 7.00. The highest BCUT2D eigenvalue weighted by Crippen LogP contribution is 2.65. The minimum atomic E-state index is -0.448. The van der Waals surface area contributed by atoms with Gasteiger partial charge in [0.25, 0.3) is 6.71 Å². The fourth-order valence-electron chi connectivity index (χ4n) is 14.5. The van der Waals surface area contributed by atoms with Crippen LogP contribution in [0.25, 0.3) is 11.1 Å². The Morgan fingerprint density at radius 2 is 1.46 bits per heavy atom. The molecule has 0 saturated carbocycles. The molecule has 76 heavy (non-hydrogen) atoms. The summed E-state index contributed by atoms with van der Waals surface area (Å²) in [5, 5.41) is 3.41. The van der Waals surface area contributed by atoms with E-state index in [1.54, 1.807) is 6.20 Å². The van der Waals surface area contributed by atoms with E-state index >= 15 is 0 Å². The normalized spacial score (nSPS) is 21.2. The molecule has 13 rings (SSSR count). The summed E-state index contributed by atoms with van der Waals surface area (Å²) in [6, 6.07) is 54.7. The Hall–Kier alpha value is -7.68. The van der Waals surface area contributed by atoms with Crippen molar-refractivity contribution >= 4 is 79.7 Å². The lowest BCUT2D eigenvalue weighted by Gasteiger charge is -2.52. The van der Waals surface area contributed by atoms with Gasteiger partial charge in [0.1, 0.15) is 0 Å². The lowest BCUT2D eigenvalue weighted by Crippen LogP contribution is -2.62. The molecule has 0 saturated heterocycles. The quantitative estimate of drug-likeness (QED) is 0.121. The van der Waals surface area contributed by atoms with Crippen LogP contribution in [0.2, 0.25) is 0 Å². The van der Waals surface area contributed by atoms with Gasteiger partial charge in [-0.15, -0.1) is 0 Å². The Kier molecular flexibility index (Phi) is 11.0. The van der Waals surface area contributed by atoms with Crippen molar-refractivity contribution in [3.63, 3.8) is 0 Å². The Morgan fingerprint density at radius 3 is 2.22 bits per heavy atom. The minimum absolute atomic E-state index is 0.0233. The standard InChI is InChI=1S/C71H69BN4/c1-11-47(45-73-12-2)50-31-33-62-58(39-50)70(9)38-36-49-25-19-20-28-56(49)71(70,10)76(62)53-41-65-67-66(42-53)75(61-34-32-51(68(4,5)6)40-55(61)48-23-15-13-16-24-48)64-43-54-46(3)35-37-69(7,8)57(54)44-60(64)72(67)59-29-21-22-30-63(59)74(65)52-26-17-14-18-27-52/h11-12,14-15,17-34,39-44,46,73H,2,35-38,45H2,1,3-10H3/b47-11+. The molecule has 3 unspecified atom stereocenters. The molecule has 3 atom stereocenters. The van der Waals surface area contributed by atoms with E-state index < -0.39 is 5.54 Å². The van der Waals surface area contributed by atoms with Crippen LogP contribution in [-0.2, 0) is 28.2 Å². The van der Waals surface area contributed by atoms with Gasteiger partial charge in [-0.1, -0.05) is 151 Å². The summed E-state index contributed by atoms with van der Waals surface area (Å²) in [5.74, 6) is 0.429. The van der Waals surface area contributed by atoms with Gasteiger partial charge in [-0.25, -0.2) is 0 Å². The van der Waals surface area contributed by atoms with Crippen LogP contribution in [0.1, 0.15) is 132 Å². The molecular weight excluding hydrogens is 920 g/mol. The highest BCUT2D eigenvalue weighted by Gasteiger charge is 2.60. The number of hydrogen-bond acceptors (Lipinski definition) is 4. The predicted octanol–water partition coefficient (Wildman–Crippen LogP) is 15.9. The first kappa shape index (κ1) is 48.0. The third kappa shape index (κ3) is 6.98. The molecule has 0 amide bonds. The fourth-order valence-corrected chi connectivity index (χ4v) is 14.5.